The number of ether oxygens (including phenoxy) is 3. The number of rotatable bonds is 9. The Bertz CT molecular complexity index is 1080. The zero-order valence-corrected chi connectivity index (χ0v) is 20.3. The molecule has 1 heterocycles. The van der Waals surface area contributed by atoms with Crippen LogP contribution in [0.25, 0.3) is 0 Å². The van der Waals surface area contributed by atoms with Crippen LogP contribution in [0, 0.1) is 0 Å². The van der Waals surface area contributed by atoms with E-state index in [4.69, 9.17) is 14.2 Å². The van der Waals surface area contributed by atoms with E-state index in [9.17, 15) is 13.2 Å². The van der Waals surface area contributed by atoms with Gasteiger partial charge in [0, 0.05) is 43.6 Å². The second-order valence-electron chi connectivity index (χ2n) is 7.39. The van der Waals surface area contributed by atoms with Crippen molar-refractivity contribution >= 4 is 27.3 Å². The van der Waals surface area contributed by atoms with E-state index >= 15 is 0 Å². The monoisotopic (exact) mass is 477 g/mol. The van der Waals surface area contributed by atoms with Gasteiger partial charge in [-0.25, -0.2) is 8.42 Å². The van der Waals surface area contributed by atoms with Crippen molar-refractivity contribution in [1.29, 1.82) is 0 Å². The summed E-state index contributed by atoms with van der Waals surface area (Å²) in [6.07, 6.45) is 0. The third-order valence-corrected chi connectivity index (χ3v) is 7.59. The highest BCUT2D eigenvalue weighted by Gasteiger charge is 2.26. The lowest BCUT2D eigenvalue weighted by atomic mass is 10.1. The van der Waals surface area contributed by atoms with Crippen molar-refractivity contribution in [1.82, 2.24) is 4.31 Å². The number of methoxy groups -OCH3 is 2. The van der Waals surface area contributed by atoms with Gasteiger partial charge < -0.3 is 24.4 Å². The molecule has 0 unspecified atom stereocenters. The smallest absolute Gasteiger partial charge is 0.257 e. The Morgan fingerprint density at radius 1 is 1.03 bits per heavy atom. The van der Waals surface area contributed by atoms with Gasteiger partial charge in [-0.15, -0.1) is 0 Å². The molecule has 2 aromatic carbocycles. The van der Waals surface area contributed by atoms with Gasteiger partial charge in [0.25, 0.3) is 5.91 Å². The number of hydrogen-bond acceptors (Lipinski definition) is 7. The zero-order chi connectivity index (χ0) is 24.0. The van der Waals surface area contributed by atoms with Crippen LogP contribution in [0.15, 0.2) is 41.3 Å². The van der Waals surface area contributed by atoms with E-state index in [1.54, 1.807) is 44.2 Å². The molecule has 0 radical (unpaired) electrons. The van der Waals surface area contributed by atoms with E-state index < -0.39 is 15.9 Å². The van der Waals surface area contributed by atoms with Crippen LogP contribution in [0.3, 0.4) is 0 Å². The number of sulfonamides is 1. The predicted molar refractivity (Wildman–Crippen MR) is 127 cm³/mol. The molecular formula is C23H31N3O6S. The van der Waals surface area contributed by atoms with Crippen LogP contribution in [0.1, 0.15) is 24.2 Å². The molecule has 33 heavy (non-hydrogen) atoms. The number of morpholine rings is 1. The highest BCUT2D eigenvalue weighted by molar-refractivity contribution is 7.89. The molecule has 1 N–H and O–H groups in total. The molecule has 0 atom stereocenters. The Hall–Kier alpha value is -2.82. The Labute approximate surface area is 195 Å². The minimum Gasteiger partial charge on any atom is -0.493 e. The summed E-state index contributed by atoms with van der Waals surface area (Å²) in [5.74, 6) is 0.596. The van der Waals surface area contributed by atoms with Gasteiger partial charge in [0.15, 0.2) is 11.5 Å². The zero-order valence-electron chi connectivity index (χ0n) is 19.5. The number of anilines is 2. The molecule has 0 aromatic heterocycles. The van der Waals surface area contributed by atoms with Crippen LogP contribution in [-0.2, 0) is 14.8 Å². The third-order valence-electron chi connectivity index (χ3n) is 5.55. The average molecular weight is 478 g/mol. The van der Waals surface area contributed by atoms with Crippen molar-refractivity contribution in [3.05, 3.63) is 42.0 Å². The molecule has 0 bridgehead atoms. The van der Waals surface area contributed by atoms with Crippen molar-refractivity contribution in [2.45, 2.75) is 18.7 Å². The molecule has 9 nitrogen and oxygen atoms in total. The van der Waals surface area contributed by atoms with E-state index in [2.05, 4.69) is 5.32 Å². The maximum Gasteiger partial charge on any atom is 0.257 e. The first-order valence-electron chi connectivity index (χ1n) is 10.9. The predicted octanol–water partition coefficient (Wildman–Crippen LogP) is 2.82. The van der Waals surface area contributed by atoms with E-state index in [1.165, 1.54) is 24.6 Å². The topological polar surface area (TPSA) is 97.4 Å². The standard InChI is InChI=1S/C23H31N3O6S/c1-5-26(6-2)33(28,29)18-8-9-20(25-11-13-32-14-12-25)19(16-18)23(27)24-17-7-10-21(30-3)22(15-17)31-4/h7-10,15-16H,5-6,11-14H2,1-4H3,(H,24,27). The lowest BCUT2D eigenvalue weighted by molar-refractivity contribution is 0.102. The fourth-order valence-corrected chi connectivity index (χ4v) is 5.25. The van der Waals surface area contributed by atoms with Crippen molar-refractivity contribution in [3.8, 4) is 11.5 Å². The quantitative estimate of drug-likeness (QED) is 0.593. The summed E-state index contributed by atoms with van der Waals surface area (Å²) >= 11 is 0. The Morgan fingerprint density at radius 2 is 1.70 bits per heavy atom. The molecule has 1 amide bonds. The molecule has 0 saturated carbocycles. The Morgan fingerprint density at radius 3 is 2.30 bits per heavy atom. The fourth-order valence-electron chi connectivity index (χ4n) is 3.76. The van der Waals surface area contributed by atoms with Gasteiger partial charge in [-0.1, -0.05) is 13.8 Å². The van der Waals surface area contributed by atoms with Crippen molar-refractivity contribution in [3.63, 3.8) is 0 Å². The minimum absolute atomic E-state index is 0.0840. The first-order valence-corrected chi connectivity index (χ1v) is 12.3. The Kier molecular flexibility index (Phi) is 8.17. The van der Waals surface area contributed by atoms with E-state index in [0.717, 1.165) is 0 Å². The molecule has 1 fully saturated rings. The minimum atomic E-state index is -3.72. The van der Waals surface area contributed by atoms with E-state index in [-0.39, 0.29) is 10.5 Å². The summed E-state index contributed by atoms with van der Waals surface area (Å²) in [6.45, 7) is 6.56. The van der Waals surface area contributed by atoms with Crippen LogP contribution in [-0.4, -0.2) is 72.2 Å². The van der Waals surface area contributed by atoms with Crippen LogP contribution in [0.2, 0.25) is 0 Å². The average Bonchev–Trinajstić information content (AvgIpc) is 2.84. The van der Waals surface area contributed by atoms with E-state index in [1.807, 2.05) is 4.90 Å². The number of amides is 1. The largest absolute Gasteiger partial charge is 0.493 e. The molecule has 1 aliphatic rings. The molecule has 0 spiro atoms. The number of carbonyl (C=O) groups is 1. The van der Waals surface area contributed by atoms with Gasteiger partial charge >= 0.3 is 0 Å². The van der Waals surface area contributed by atoms with Crippen LogP contribution < -0.4 is 19.7 Å². The number of carbonyl (C=O) groups excluding carboxylic acids is 1. The number of benzene rings is 2. The molecule has 0 aliphatic carbocycles. The lowest BCUT2D eigenvalue weighted by Crippen LogP contribution is -2.37. The number of nitrogens with zero attached hydrogens (tertiary/aromatic N) is 2. The molecule has 1 aliphatic heterocycles. The van der Waals surface area contributed by atoms with Gasteiger partial charge in [-0.2, -0.15) is 4.31 Å². The third kappa shape index (κ3) is 5.40. The second kappa shape index (κ2) is 10.9. The second-order valence-corrected chi connectivity index (χ2v) is 9.33. The van der Waals surface area contributed by atoms with E-state index in [0.29, 0.717) is 62.3 Å². The number of nitrogens with one attached hydrogen (secondary N) is 1. The Balaban J connectivity index is 2.02. The molecule has 1 saturated heterocycles. The highest BCUT2D eigenvalue weighted by Crippen LogP contribution is 2.31. The van der Waals surface area contributed by atoms with Gasteiger partial charge in [0.2, 0.25) is 10.0 Å². The molecular weight excluding hydrogens is 446 g/mol. The van der Waals surface area contributed by atoms with Gasteiger partial charge in [0.1, 0.15) is 0 Å². The summed E-state index contributed by atoms with van der Waals surface area (Å²) in [6, 6.07) is 9.76. The summed E-state index contributed by atoms with van der Waals surface area (Å²) in [5.41, 5.74) is 1.44. The summed E-state index contributed by atoms with van der Waals surface area (Å²) in [5, 5.41) is 2.86. The van der Waals surface area contributed by atoms with Crippen LogP contribution >= 0.6 is 0 Å². The number of hydrogen-bond donors (Lipinski definition) is 1. The summed E-state index contributed by atoms with van der Waals surface area (Å²) in [7, 11) is -0.674. The van der Waals surface area contributed by atoms with Crippen LogP contribution in [0.5, 0.6) is 11.5 Å². The molecule has 3 rings (SSSR count). The normalized spacial score (nSPS) is 14.3. The van der Waals surface area contributed by atoms with Crippen molar-refractivity contribution < 1.29 is 27.4 Å². The van der Waals surface area contributed by atoms with Crippen molar-refractivity contribution in [2.24, 2.45) is 0 Å². The summed E-state index contributed by atoms with van der Waals surface area (Å²) in [4.78, 5) is 15.5. The molecule has 10 heteroatoms. The fraction of sp³-hybridized carbons (Fsp3) is 0.435. The molecule has 180 valence electrons. The highest BCUT2D eigenvalue weighted by atomic mass is 32.2. The first-order chi connectivity index (χ1) is 15.8. The van der Waals surface area contributed by atoms with Crippen LogP contribution in [0.4, 0.5) is 11.4 Å². The molecule has 2 aromatic rings. The van der Waals surface area contributed by atoms with Gasteiger partial charge in [0.05, 0.1) is 37.9 Å². The van der Waals surface area contributed by atoms with Gasteiger partial charge in [-0.3, -0.25) is 4.79 Å². The maximum atomic E-state index is 13.4. The summed E-state index contributed by atoms with van der Waals surface area (Å²) < 4.78 is 43.6. The lowest BCUT2D eigenvalue weighted by Gasteiger charge is -2.30. The van der Waals surface area contributed by atoms with Gasteiger partial charge in [-0.05, 0) is 30.3 Å². The maximum absolute atomic E-state index is 13.4. The van der Waals surface area contributed by atoms with Crippen molar-refractivity contribution in [2.75, 3.05) is 63.8 Å². The first kappa shape index (κ1) is 24.8. The SMILES string of the molecule is CCN(CC)S(=O)(=O)c1ccc(N2CCOCC2)c(C(=O)Nc2ccc(OC)c(OC)c2)c1.